The smallest absolute Gasteiger partial charge is 0.410 e. The maximum atomic E-state index is 12.2. The van der Waals surface area contributed by atoms with Gasteiger partial charge in [0.2, 0.25) is 0 Å². The van der Waals surface area contributed by atoms with Crippen LogP contribution in [-0.4, -0.2) is 45.8 Å². The second-order valence-electron chi connectivity index (χ2n) is 7.80. The molecule has 0 aromatic rings. The van der Waals surface area contributed by atoms with E-state index in [0.717, 1.165) is 36.3 Å². The third kappa shape index (κ3) is 4.73. The quantitative estimate of drug-likeness (QED) is 0.497. The summed E-state index contributed by atoms with van der Waals surface area (Å²) in [7, 11) is 0. The van der Waals surface area contributed by atoms with E-state index in [1.807, 2.05) is 25.7 Å². The summed E-state index contributed by atoms with van der Waals surface area (Å²) in [6, 6.07) is 0. The van der Waals surface area contributed by atoms with Gasteiger partial charge in [0, 0.05) is 17.5 Å². The largest absolute Gasteiger partial charge is 0.444 e. The molecule has 5 heteroatoms. The zero-order valence-corrected chi connectivity index (χ0v) is 16.5. The van der Waals surface area contributed by atoms with Gasteiger partial charge in [-0.25, -0.2) is 4.79 Å². The topological polar surface area (TPSA) is 38.8 Å². The summed E-state index contributed by atoms with van der Waals surface area (Å²) in [5.41, 5.74) is -0.488. The van der Waals surface area contributed by atoms with Gasteiger partial charge >= 0.3 is 6.09 Å². The van der Waals surface area contributed by atoms with Gasteiger partial charge < -0.3 is 14.4 Å². The Balaban J connectivity index is 1.86. The van der Waals surface area contributed by atoms with Crippen molar-refractivity contribution in [1.29, 1.82) is 0 Å². The molecule has 0 radical (unpaired) electrons. The zero-order chi connectivity index (χ0) is 16.4. The Bertz CT molecular complexity index is 382. The SMILES string of the molecule is CC(OC1(CI)CCN(C(=O)OC(C)(C)C)CC1)C1CCC1. The maximum Gasteiger partial charge on any atom is 0.410 e. The average Bonchev–Trinajstić information content (AvgIpc) is 2.35. The van der Waals surface area contributed by atoms with Crippen LogP contribution < -0.4 is 0 Å². The Kier molecular flexibility index (Phi) is 6.02. The second kappa shape index (κ2) is 7.24. The third-order valence-corrected chi connectivity index (χ3v) is 6.21. The van der Waals surface area contributed by atoms with Crippen molar-refractivity contribution in [2.24, 2.45) is 5.92 Å². The van der Waals surface area contributed by atoms with Crippen molar-refractivity contribution in [3.63, 3.8) is 0 Å². The molecule has 0 aromatic carbocycles. The molecular weight excluding hydrogens is 393 g/mol. The molecular formula is C17H30INO3. The molecule has 128 valence electrons. The van der Waals surface area contributed by atoms with Crippen LogP contribution >= 0.6 is 22.6 Å². The highest BCUT2D eigenvalue weighted by atomic mass is 127. The molecule has 2 aliphatic rings. The Labute approximate surface area is 148 Å². The first-order chi connectivity index (χ1) is 10.2. The van der Waals surface area contributed by atoms with Gasteiger partial charge in [0.05, 0.1) is 11.7 Å². The van der Waals surface area contributed by atoms with E-state index >= 15 is 0 Å². The van der Waals surface area contributed by atoms with Crippen LogP contribution in [0.2, 0.25) is 0 Å². The van der Waals surface area contributed by atoms with Gasteiger partial charge in [-0.3, -0.25) is 0 Å². The number of alkyl halides is 1. The first-order valence-electron chi connectivity index (χ1n) is 8.46. The Hall–Kier alpha value is -0.0400. The normalized spacial score (nSPS) is 23.8. The van der Waals surface area contributed by atoms with Gasteiger partial charge in [0.15, 0.2) is 0 Å². The van der Waals surface area contributed by atoms with Crippen molar-refractivity contribution in [3.05, 3.63) is 0 Å². The molecule has 0 N–H and O–H groups in total. The summed E-state index contributed by atoms with van der Waals surface area (Å²) in [6.45, 7) is 9.41. The number of hydrogen-bond acceptors (Lipinski definition) is 3. The van der Waals surface area contributed by atoms with Gasteiger partial charge in [-0.05, 0) is 59.3 Å². The minimum absolute atomic E-state index is 0.0614. The fourth-order valence-corrected chi connectivity index (χ4v) is 4.05. The van der Waals surface area contributed by atoms with E-state index in [2.05, 4.69) is 29.5 Å². The molecule has 2 rings (SSSR count). The highest BCUT2D eigenvalue weighted by Crippen LogP contribution is 2.37. The molecule has 1 saturated carbocycles. The Morgan fingerprint density at radius 1 is 1.32 bits per heavy atom. The lowest BCUT2D eigenvalue weighted by Crippen LogP contribution is -2.52. The summed E-state index contributed by atoms with van der Waals surface area (Å²) in [5, 5.41) is 0. The highest BCUT2D eigenvalue weighted by molar-refractivity contribution is 14.1. The molecule has 0 aromatic heterocycles. The summed E-state index contributed by atoms with van der Waals surface area (Å²) in [6.07, 6.45) is 5.93. The second-order valence-corrected chi connectivity index (χ2v) is 8.56. The number of rotatable bonds is 4. The predicted molar refractivity (Wildman–Crippen MR) is 96.5 cm³/mol. The number of ether oxygens (including phenoxy) is 2. The molecule has 0 spiro atoms. The molecule has 22 heavy (non-hydrogen) atoms. The lowest BCUT2D eigenvalue weighted by Gasteiger charge is -2.44. The number of halogens is 1. The predicted octanol–water partition coefficient (Wildman–Crippen LogP) is 4.40. The molecule has 1 saturated heterocycles. The van der Waals surface area contributed by atoms with Gasteiger partial charge in [-0.1, -0.05) is 29.0 Å². The van der Waals surface area contributed by atoms with Crippen molar-refractivity contribution in [1.82, 2.24) is 4.90 Å². The molecule has 1 atom stereocenters. The molecule has 1 amide bonds. The number of hydrogen-bond donors (Lipinski definition) is 0. The van der Waals surface area contributed by atoms with Gasteiger partial charge in [0.25, 0.3) is 0 Å². The number of nitrogens with zero attached hydrogens (tertiary/aromatic N) is 1. The van der Waals surface area contributed by atoms with Crippen LogP contribution in [-0.2, 0) is 9.47 Å². The van der Waals surface area contributed by atoms with E-state index < -0.39 is 5.60 Å². The molecule has 0 bridgehead atoms. The lowest BCUT2D eigenvalue weighted by molar-refractivity contribution is -0.127. The minimum Gasteiger partial charge on any atom is -0.444 e. The monoisotopic (exact) mass is 423 g/mol. The Morgan fingerprint density at radius 3 is 2.32 bits per heavy atom. The molecule has 1 aliphatic heterocycles. The van der Waals surface area contributed by atoms with Crippen LogP contribution in [0.3, 0.4) is 0 Å². The molecule has 1 heterocycles. The first kappa shape index (κ1) is 18.3. The van der Waals surface area contributed by atoms with Crippen LogP contribution in [0.25, 0.3) is 0 Å². The number of carbonyl (C=O) groups is 1. The van der Waals surface area contributed by atoms with Gasteiger partial charge in [0.1, 0.15) is 5.60 Å². The van der Waals surface area contributed by atoms with Crippen LogP contribution in [0.4, 0.5) is 4.79 Å². The number of carbonyl (C=O) groups excluding carboxylic acids is 1. The van der Waals surface area contributed by atoms with Crippen LogP contribution in [0.5, 0.6) is 0 Å². The van der Waals surface area contributed by atoms with E-state index in [0.29, 0.717) is 6.10 Å². The summed E-state index contributed by atoms with van der Waals surface area (Å²) >= 11 is 2.43. The number of amides is 1. The van der Waals surface area contributed by atoms with Crippen molar-refractivity contribution >= 4 is 28.7 Å². The van der Waals surface area contributed by atoms with Crippen molar-refractivity contribution in [3.8, 4) is 0 Å². The van der Waals surface area contributed by atoms with E-state index in [-0.39, 0.29) is 11.7 Å². The first-order valence-corrected chi connectivity index (χ1v) is 9.99. The van der Waals surface area contributed by atoms with E-state index in [9.17, 15) is 4.79 Å². The van der Waals surface area contributed by atoms with Gasteiger partial charge in [-0.2, -0.15) is 0 Å². The highest BCUT2D eigenvalue weighted by Gasteiger charge is 2.40. The zero-order valence-electron chi connectivity index (χ0n) is 14.4. The number of piperidine rings is 1. The summed E-state index contributed by atoms with van der Waals surface area (Å²) in [5.74, 6) is 0.740. The fraction of sp³-hybridized carbons (Fsp3) is 0.941. The maximum absolute atomic E-state index is 12.2. The molecule has 1 aliphatic carbocycles. The average molecular weight is 423 g/mol. The van der Waals surface area contributed by atoms with E-state index in [1.54, 1.807) is 0 Å². The molecule has 4 nitrogen and oxygen atoms in total. The van der Waals surface area contributed by atoms with Crippen LogP contribution in [0, 0.1) is 5.92 Å². The Morgan fingerprint density at radius 2 is 1.91 bits per heavy atom. The standard InChI is InChI=1S/C17H30INO3/c1-13(14-6-5-7-14)21-17(12-18)8-10-19(11-9-17)15(20)22-16(2,3)4/h13-14H,5-12H2,1-4H3. The van der Waals surface area contributed by atoms with Crippen molar-refractivity contribution in [2.75, 3.05) is 17.5 Å². The fourth-order valence-electron chi connectivity index (χ4n) is 3.11. The van der Waals surface area contributed by atoms with E-state index in [1.165, 1.54) is 19.3 Å². The minimum atomic E-state index is -0.426. The van der Waals surface area contributed by atoms with Crippen molar-refractivity contribution < 1.29 is 14.3 Å². The summed E-state index contributed by atoms with van der Waals surface area (Å²) < 4.78 is 12.9. The third-order valence-electron chi connectivity index (χ3n) is 4.82. The molecule has 1 unspecified atom stereocenters. The van der Waals surface area contributed by atoms with Crippen LogP contribution in [0.1, 0.15) is 59.8 Å². The van der Waals surface area contributed by atoms with Crippen LogP contribution in [0.15, 0.2) is 0 Å². The lowest BCUT2D eigenvalue weighted by atomic mass is 9.81. The molecule has 2 fully saturated rings. The summed E-state index contributed by atoms with van der Waals surface area (Å²) in [4.78, 5) is 14.0. The van der Waals surface area contributed by atoms with E-state index in [4.69, 9.17) is 9.47 Å². The number of likely N-dealkylation sites (tertiary alicyclic amines) is 1. The van der Waals surface area contributed by atoms with Gasteiger partial charge in [-0.15, -0.1) is 0 Å². The van der Waals surface area contributed by atoms with Crippen molar-refractivity contribution in [2.45, 2.75) is 77.1 Å².